The summed E-state index contributed by atoms with van der Waals surface area (Å²) in [4.78, 5) is 4.54. The Morgan fingerprint density at radius 1 is 1.33 bits per heavy atom. The van der Waals surface area contributed by atoms with Gasteiger partial charge in [-0.1, -0.05) is 6.92 Å². The van der Waals surface area contributed by atoms with E-state index >= 15 is 0 Å². The summed E-state index contributed by atoms with van der Waals surface area (Å²) < 4.78 is 25.8. The lowest BCUT2D eigenvalue weighted by atomic mass is 9.98. The number of aromatic nitrogens is 2. The SMILES string of the molecule is CC1CCCn2c1cnc2C1CCCS(=O)(=O)C1. The van der Waals surface area contributed by atoms with Crippen LogP contribution in [0.2, 0.25) is 0 Å². The summed E-state index contributed by atoms with van der Waals surface area (Å²) in [5.74, 6) is 2.33. The van der Waals surface area contributed by atoms with E-state index in [4.69, 9.17) is 0 Å². The van der Waals surface area contributed by atoms with Crippen LogP contribution in [0, 0.1) is 0 Å². The molecule has 0 bridgehead atoms. The first-order valence-electron chi connectivity index (χ1n) is 6.82. The van der Waals surface area contributed by atoms with E-state index in [-0.39, 0.29) is 11.7 Å². The molecule has 2 unspecified atom stereocenters. The van der Waals surface area contributed by atoms with Crippen molar-refractivity contribution in [1.29, 1.82) is 0 Å². The molecule has 2 atom stereocenters. The number of fused-ring (bicyclic) bond motifs is 1. The first kappa shape index (κ1) is 12.2. The van der Waals surface area contributed by atoms with Crippen LogP contribution in [0.25, 0.3) is 0 Å². The summed E-state index contributed by atoms with van der Waals surface area (Å²) in [6.07, 6.45) is 6.10. The van der Waals surface area contributed by atoms with Crippen molar-refractivity contribution in [3.8, 4) is 0 Å². The van der Waals surface area contributed by atoms with Crippen LogP contribution in [0.4, 0.5) is 0 Å². The lowest BCUT2D eigenvalue weighted by molar-refractivity contribution is 0.445. The van der Waals surface area contributed by atoms with E-state index in [1.165, 1.54) is 18.5 Å². The van der Waals surface area contributed by atoms with Gasteiger partial charge in [0, 0.05) is 24.4 Å². The Hall–Kier alpha value is -0.840. The Balaban J connectivity index is 1.93. The van der Waals surface area contributed by atoms with Gasteiger partial charge in [0.15, 0.2) is 9.84 Å². The highest BCUT2D eigenvalue weighted by Crippen LogP contribution is 2.33. The molecule has 0 saturated carbocycles. The van der Waals surface area contributed by atoms with Crippen molar-refractivity contribution in [1.82, 2.24) is 9.55 Å². The topological polar surface area (TPSA) is 52.0 Å². The van der Waals surface area contributed by atoms with Crippen LogP contribution in [0.5, 0.6) is 0 Å². The maximum atomic E-state index is 11.8. The summed E-state index contributed by atoms with van der Waals surface area (Å²) in [6.45, 7) is 3.24. The Labute approximate surface area is 108 Å². The minimum absolute atomic E-state index is 0.114. The number of imidazole rings is 1. The Morgan fingerprint density at radius 3 is 2.94 bits per heavy atom. The molecule has 0 radical (unpaired) electrons. The van der Waals surface area contributed by atoms with Gasteiger partial charge in [-0.3, -0.25) is 0 Å². The largest absolute Gasteiger partial charge is 0.332 e. The predicted octanol–water partition coefficient (Wildman–Crippen LogP) is 2.07. The van der Waals surface area contributed by atoms with E-state index in [0.717, 1.165) is 25.2 Å². The third-order valence-corrected chi connectivity index (χ3v) is 6.09. The van der Waals surface area contributed by atoms with Gasteiger partial charge in [0.1, 0.15) is 5.82 Å². The Bertz CT molecular complexity index is 547. The average Bonchev–Trinajstić information content (AvgIpc) is 2.73. The second-order valence-corrected chi connectivity index (χ2v) is 7.92. The van der Waals surface area contributed by atoms with Crippen molar-refractivity contribution >= 4 is 9.84 Å². The zero-order valence-corrected chi connectivity index (χ0v) is 11.6. The monoisotopic (exact) mass is 268 g/mol. The maximum absolute atomic E-state index is 11.8. The summed E-state index contributed by atoms with van der Waals surface area (Å²) in [6, 6.07) is 0. The average molecular weight is 268 g/mol. The normalized spacial score (nSPS) is 30.9. The van der Waals surface area contributed by atoms with Gasteiger partial charge in [0.25, 0.3) is 0 Å². The van der Waals surface area contributed by atoms with E-state index in [1.54, 1.807) is 0 Å². The zero-order valence-electron chi connectivity index (χ0n) is 10.8. The maximum Gasteiger partial charge on any atom is 0.151 e. The summed E-state index contributed by atoms with van der Waals surface area (Å²) >= 11 is 0. The number of rotatable bonds is 1. The molecule has 3 rings (SSSR count). The minimum atomic E-state index is -2.85. The van der Waals surface area contributed by atoms with E-state index in [0.29, 0.717) is 11.7 Å². The highest BCUT2D eigenvalue weighted by Gasteiger charge is 2.31. The molecule has 0 amide bonds. The van der Waals surface area contributed by atoms with E-state index < -0.39 is 9.84 Å². The van der Waals surface area contributed by atoms with Gasteiger partial charge >= 0.3 is 0 Å². The van der Waals surface area contributed by atoms with Crippen LogP contribution < -0.4 is 0 Å². The molecule has 0 aliphatic carbocycles. The molecule has 0 N–H and O–H groups in total. The van der Waals surface area contributed by atoms with Gasteiger partial charge in [-0.05, 0) is 31.6 Å². The van der Waals surface area contributed by atoms with Crippen LogP contribution in [0.3, 0.4) is 0 Å². The minimum Gasteiger partial charge on any atom is -0.332 e. The van der Waals surface area contributed by atoms with Gasteiger partial charge < -0.3 is 4.57 Å². The zero-order chi connectivity index (χ0) is 12.8. The molecule has 18 heavy (non-hydrogen) atoms. The van der Waals surface area contributed by atoms with Gasteiger partial charge in [-0.15, -0.1) is 0 Å². The third kappa shape index (κ3) is 2.09. The van der Waals surface area contributed by atoms with Gasteiger partial charge in [-0.25, -0.2) is 13.4 Å². The highest BCUT2D eigenvalue weighted by atomic mass is 32.2. The molecular formula is C13H20N2O2S. The molecule has 0 spiro atoms. The lowest BCUT2D eigenvalue weighted by Crippen LogP contribution is -2.27. The molecule has 1 aromatic heterocycles. The molecule has 4 nitrogen and oxygen atoms in total. The fourth-order valence-electron chi connectivity index (χ4n) is 3.30. The Morgan fingerprint density at radius 2 is 2.17 bits per heavy atom. The number of hydrogen-bond donors (Lipinski definition) is 0. The third-order valence-electron chi connectivity index (χ3n) is 4.27. The first-order chi connectivity index (χ1) is 8.57. The van der Waals surface area contributed by atoms with Crippen LogP contribution in [0.1, 0.15) is 56.0 Å². The van der Waals surface area contributed by atoms with Crippen molar-refractivity contribution in [2.24, 2.45) is 0 Å². The highest BCUT2D eigenvalue weighted by molar-refractivity contribution is 7.91. The fourth-order valence-corrected chi connectivity index (χ4v) is 5.00. The predicted molar refractivity (Wildman–Crippen MR) is 70.5 cm³/mol. The van der Waals surface area contributed by atoms with E-state index in [2.05, 4.69) is 16.5 Å². The van der Waals surface area contributed by atoms with Crippen LogP contribution >= 0.6 is 0 Å². The van der Waals surface area contributed by atoms with Crippen molar-refractivity contribution in [2.45, 2.75) is 51.0 Å². The number of hydrogen-bond acceptors (Lipinski definition) is 3. The van der Waals surface area contributed by atoms with Crippen molar-refractivity contribution < 1.29 is 8.42 Å². The van der Waals surface area contributed by atoms with Crippen molar-refractivity contribution in [2.75, 3.05) is 11.5 Å². The fraction of sp³-hybridized carbons (Fsp3) is 0.769. The van der Waals surface area contributed by atoms with Crippen LogP contribution in [-0.4, -0.2) is 29.5 Å². The smallest absolute Gasteiger partial charge is 0.151 e. The molecule has 0 aromatic carbocycles. The number of sulfone groups is 1. The summed E-state index contributed by atoms with van der Waals surface area (Å²) in [5.41, 5.74) is 1.29. The molecule has 2 aliphatic rings. The number of nitrogens with zero attached hydrogens (tertiary/aromatic N) is 2. The molecule has 3 heterocycles. The van der Waals surface area contributed by atoms with Crippen LogP contribution in [-0.2, 0) is 16.4 Å². The molecule has 100 valence electrons. The summed E-state index contributed by atoms with van der Waals surface area (Å²) in [7, 11) is -2.85. The molecule has 5 heteroatoms. The quantitative estimate of drug-likeness (QED) is 0.783. The van der Waals surface area contributed by atoms with Crippen molar-refractivity contribution in [3.63, 3.8) is 0 Å². The van der Waals surface area contributed by atoms with E-state index in [9.17, 15) is 8.42 Å². The lowest BCUT2D eigenvalue weighted by Gasteiger charge is -2.26. The van der Waals surface area contributed by atoms with Crippen LogP contribution in [0.15, 0.2) is 6.20 Å². The molecule has 1 aromatic rings. The summed E-state index contributed by atoms with van der Waals surface area (Å²) in [5, 5.41) is 0. The standard InChI is InChI=1S/C13H20N2O2S/c1-10-4-2-6-15-12(10)8-14-13(15)11-5-3-7-18(16,17)9-11/h8,10-11H,2-7,9H2,1H3. The molecular weight excluding hydrogens is 248 g/mol. The van der Waals surface area contributed by atoms with Gasteiger partial charge in [-0.2, -0.15) is 0 Å². The van der Waals surface area contributed by atoms with Gasteiger partial charge in [0.05, 0.1) is 11.5 Å². The molecule has 2 aliphatic heterocycles. The second-order valence-electron chi connectivity index (χ2n) is 5.69. The van der Waals surface area contributed by atoms with Gasteiger partial charge in [0.2, 0.25) is 0 Å². The first-order valence-corrected chi connectivity index (χ1v) is 8.65. The second kappa shape index (κ2) is 4.37. The Kier molecular flexibility index (Phi) is 2.96. The van der Waals surface area contributed by atoms with Crippen molar-refractivity contribution in [3.05, 3.63) is 17.7 Å². The van der Waals surface area contributed by atoms with E-state index in [1.807, 2.05) is 6.20 Å². The molecule has 1 saturated heterocycles. The molecule has 1 fully saturated rings.